The second-order valence-electron chi connectivity index (χ2n) is 5.03. The van der Waals surface area contributed by atoms with E-state index in [-0.39, 0.29) is 11.6 Å². The van der Waals surface area contributed by atoms with Crippen LogP contribution in [-0.2, 0) is 0 Å². The molecule has 0 bridgehead atoms. The predicted octanol–water partition coefficient (Wildman–Crippen LogP) is 0.488. The van der Waals surface area contributed by atoms with Crippen LogP contribution in [0.1, 0.15) is 27.2 Å². The van der Waals surface area contributed by atoms with E-state index in [0.29, 0.717) is 13.0 Å². The van der Waals surface area contributed by atoms with Gasteiger partial charge in [0.25, 0.3) is 0 Å². The molecule has 15 heavy (non-hydrogen) atoms. The predicted molar refractivity (Wildman–Crippen MR) is 56.9 cm³/mol. The first kappa shape index (κ1) is 12.3. The number of amides is 1. The number of carbonyl (C=O) groups is 1. The Bertz CT molecular complexity index is 237. The Labute approximate surface area is 90.1 Å². The standard InChI is InChI=1S/C10H20N2O3/c1-10(2,3)12-5-4-7(8(13)6-12)11-9(14)15/h7-8,11,13H,4-6H2,1-3H3,(H,14,15)/t7-,8+/m0/s1. The highest BCUT2D eigenvalue weighted by atomic mass is 16.4. The molecule has 0 radical (unpaired) electrons. The van der Waals surface area contributed by atoms with Gasteiger partial charge in [-0.05, 0) is 27.2 Å². The van der Waals surface area contributed by atoms with Crippen LogP contribution < -0.4 is 5.32 Å². The maximum Gasteiger partial charge on any atom is 0.404 e. The van der Waals surface area contributed by atoms with Crippen LogP contribution in [0, 0.1) is 0 Å². The first-order valence-corrected chi connectivity index (χ1v) is 5.23. The van der Waals surface area contributed by atoms with Crippen molar-refractivity contribution in [3.05, 3.63) is 0 Å². The Morgan fingerprint density at radius 2 is 2.07 bits per heavy atom. The first-order valence-electron chi connectivity index (χ1n) is 5.23. The summed E-state index contributed by atoms with van der Waals surface area (Å²) in [5.74, 6) is 0. The van der Waals surface area contributed by atoms with Crippen LogP contribution in [0.15, 0.2) is 0 Å². The minimum atomic E-state index is -1.07. The number of nitrogens with one attached hydrogen (secondary N) is 1. The van der Waals surface area contributed by atoms with Gasteiger partial charge in [0.1, 0.15) is 0 Å². The molecule has 0 unspecified atom stereocenters. The van der Waals surface area contributed by atoms with Gasteiger partial charge in [-0.25, -0.2) is 4.79 Å². The molecule has 3 N–H and O–H groups in total. The van der Waals surface area contributed by atoms with Gasteiger partial charge in [0.2, 0.25) is 0 Å². The average molecular weight is 216 g/mol. The summed E-state index contributed by atoms with van der Waals surface area (Å²) in [5, 5.41) is 20.7. The zero-order valence-corrected chi connectivity index (χ0v) is 9.53. The Hall–Kier alpha value is -0.810. The third-order valence-corrected chi connectivity index (χ3v) is 2.84. The minimum absolute atomic E-state index is 0.0230. The molecule has 1 heterocycles. The number of rotatable bonds is 1. The Morgan fingerprint density at radius 1 is 1.47 bits per heavy atom. The maximum atomic E-state index is 10.5. The lowest BCUT2D eigenvalue weighted by Gasteiger charge is -2.43. The zero-order chi connectivity index (χ0) is 11.6. The Kier molecular flexibility index (Phi) is 3.57. The highest BCUT2D eigenvalue weighted by molar-refractivity contribution is 5.64. The number of nitrogens with zero attached hydrogens (tertiary/aromatic N) is 1. The van der Waals surface area contributed by atoms with Gasteiger partial charge in [0.05, 0.1) is 12.1 Å². The molecule has 1 aliphatic heterocycles. The maximum absolute atomic E-state index is 10.5. The van der Waals surface area contributed by atoms with Gasteiger partial charge in [-0.2, -0.15) is 0 Å². The third kappa shape index (κ3) is 3.35. The molecule has 88 valence electrons. The lowest BCUT2D eigenvalue weighted by molar-refractivity contribution is 0.00157. The van der Waals surface area contributed by atoms with E-state index < -0.39 is 12.2 Å². The van der Waals surface area contributed by atoms with E-state index in [9.17, 15) is 9.90 Å². The monoisotopic (exact) mass is 216 g/mol. The highest BCUT2D eigenvalue weighted by Crippen LogP contribution is 2.20. The molecule has 0 saturated carbocycles. The van der Waals surface area contributed by atoms with Crippen molar-refractivity contribution in [2.45, 2.75) is 44.9 Å². The molecule has 2 atom stereocenters. The second kappa shape index (κ2) is 4.37. The smallest absolute Gasteiger partial charge is 0.404 e. The third-order valence-electron chi connectivity index (χ3n) is 2.84. The summed E-state index contributed by atoms with van der Waals surface area (Å²) < 4.78 is 0. The number of hydrogen-bond acceptors (Lipinski definition) is 3. The van der Waals surface area contributed by atoms with Gasteiger partial charge >= 0.3 is 6.09 Å². The van der Waals surface area contributed by atoms with Crippen molar-refractivity contribution < 1.29 is 15.0 Å². The quantitative estimate of drug-likeness (QED) is 0.596. The van der Waals surface area contributed by atoms with Crippen molar-refractivity contribution in [3.63, 3.8) is 0 Å². The molecular weight excluding hydrogens is 196 g/mol. The zero-order valence-electron chi connectivity index (χ0n) is 9.53. The van der Waals surface area contributed by atoms with Crippen LogP contribution in [0.3, 0.4) is 0 Å². The van der Waals surface area contributed by atoms with Crippen molar-refractivity contribution in [3.8, 4) is 0 Å². The van der Waals surface area contributed by atoms with E-state index in [1.165, 1.54) is 0 Å². The lowest BCUT2D eigenvalue weighted by Crippen LogP contribution is -2.58. The van der Waals surface area contributed by atoms with Crippen molar-refractivity contribution in [2.24, 2.45) is 0 Å². The van der Waals surface area contributed by atoms with Crippen LogP contribution in [-0.4, -0.2) is 52.0 Å². The molecule has 0 aromatic rings. The molecule has 0 spiro atoms. The van der Waals surface area contributed by atoms with Gasteiger partial charge < -0.3 is 15.5 Å². The van der Waals surface area contributed by atoms with Gasteiger partial charge in [-0.3, -0.25) is 4.90 Å². The number of aliphatic hydroxyl groups excluding tert-OH is 1. The fourth-order valence-corrected chi connectivity index (χ4v) is 1.87. The van der Waals surface area contributed by atoms with Crippen molar-refractivity contribution in [1.29, 1.82) is 0 Å². The number of aliphatic hydroxyl groups is 1. The number of β-amino-alcohol motifs (C(OH)–C–C–N with tert-alkyl or cyclic N) is 1. The number of carboxylic acid groups (broad SMARTS) is 1. The number of likely N-dealkylation sites (tertiary alicyclic amines) is 1. The van der Waals surface area contributed by atoms with Crippen LogP contribution in [0.2, 0.25) is 0 Å². The normalized spacial score (nSPS) is 28.8. The average Bonchev–Trinajstić information content (AvgIpc) is 2.05. The fourth-order valence-electron chi connectivity index (χ4n) is 1.87. The second-order valence-corrected chi connectivity index (χ2v) is 5.03. The molecule has 1 fully saturated rings. The molecule has 5 heteroatoms. The highest BCUT2D eigenvalue weighted by Gasteiger charge is 2.33. The van der Waals surface area contributed by atoms with Crippen molar-refractivity contribution >= 4 is 6.09 Å². The van der Waals surface area contributed by atoms with Crippen molar-refractivity contribution in [1.82, 2.24) is 10.2 Å². The summed E-state index contributed by atoms with van der Waals surface area (Å²) in [5.41, 5.74) is 0.0230. The van der Waals surface area contributed by atoms with Crippen LogP contribution >= 0.6 is 0 Å². The van der Waals surface area contributed by atoms with E-state index in [1.807, 2.05) is 0 Å². The van der Waals surface area contributed by atoms with Crippen LogP contribution in [0.4, 0.5) is 4.79 Å². The molecule has 1 saturated heterocycles. The summed E-state index contributed by atoms with van der Waals surface area (Å²) in [6.45, 7) is 7.60. The molecule has 1 amide bonds. The summed E-state index contributed by atoms with van der Waals surface area (Å²) in [4.78, 5) is 12.6. The van der Waals surface area contributed by atoms with Gasteiger partial charge in [-0.15, -0.1) is 0 Å². The van der Waals surface area contributed by atoms with Crippen LogP contribution in [0.25, 0.3) is 0 Å². The Balaban J connectivity index is 2.51. The summed E-state index contributed by atoms with van der Waals surface area (Å²) >= 11 is 0. The molecule has 5 nitrogen and oxygen atoms in total. The SMILES string of the molecule is CC(C)(C)N1CC[C@H](NC(=O)O)[C@H](O)C1. The lowest BCUT2D eigenvalue weighted by atomic mass is 9.96. The van der Waals surface area contributed by atoms with Crippen molar-refractivity contribution in [2.75, 3.05) is 13.1 Å². The molecule has 1 aliphatic rings. The summed E-state index contributed by atoms with van der Waals surface area (Å²) in [6.07, 6.45) is -1.03. The van der Waals surface area contributed by atoms with E-state index >= 15 is 0 Å². The van der Waals surface area contributed by atoms with E-state index in [1.54, 1.807) is 0 Å². The Morgan fingerprint density at radius 3 is 2.47 bits per heavy atom. The number of piperidine rings is 1. The van der Waals surface area contributed by atoms with E-state index in [0.717, 1.165) is 6.54 Å². The van der Waals surface area contributed by atoms with Gasteiger partial charge in [-0.1, -0.05) is 0 Å². The molecule has 0 aliphatic carbocycles. The van der Waals surface area contributed by atoms with E-state index in [2.05, 4.69) is 31.0 Å². The summed E-state index contributed by atoms with van der Waals surface area (Å²) in [6, 6.07) is -0.332. The molecule has 0 aromatic carbocycles. The van der Waals surface area contributed by atoms with Crippen LogP contribution in [0.5, 0.6) is 0 Å². The largest absolute Gasteiger partial charge is 0.465 e. The van der Waals surface area contributed by atoms with Gasteiger partial charge in [0.15, 0.2) is 0 Å². The molecule has 1 rings (SSSR count). The summed E-state index contributed by atoms with van der Waals surface area (Å²) in [7, 11) is 0. The fraction of sp³-hybridized carbons (Fsp3) is 0.900. The van der Waals surface area contributed by atoms with Gasteiger partial charge in [0, 0.05) is 18.6 Å². The molecule has 0 aromatic heterocycles. The topological polar surface area (TPSA) is 72.8 Å². The first-order chi connectivity index (χ1) is 6.80. The minimum Gasteiger partial charge on any atom is -0.465 e. The number of hydrogen-bond donors (Lipinski definition) is 3. The van der Waals surface area contributed by atoms with E-state index in [4.69, 9.17) is 5.11 Å². The molecular formula is C10H20N2O3.